The predicted octanol–water partition coefficient (Wildman–Crippen LogP) is 4.50. The average Bonchev–Trinajstić information content (AvgIpc) is 2.99. The van der Waals surface area contributed by atoms with Crippen molar-refractivity contribution in [2.24, 2.45) is 0 Å². The van der Waals surface area contributed by atoms with Gasteiger partial charge in [-0.3, -0.25) is 0 Å². The molecule has 0 aliphatic carbocycles. The molecule has 0 aliphatic heterocycles. The third-order valence-corrected chi connectivity index (χ3v) is 4.46. The van der Waals surface area contributed by atoms with Gasteiger partial charge in [0.05, 0.1) is 10.5 Å². The minimum Gasteiger partial charge on any atom is -0.341 e. The Labute approximate surface area is 124 Å². The molecule has 0 aromatic carbocycles. The lowest BCUT2D eigenvalue weighted by atomic mass is 10.2. The molecule has 0 atom stereocenters. The molecule has 3 aromatic rings. The number of halogens is 2. The van der Waals surface area contributed by atoms with Gasteiger partial charge in [0.15, 0.2) is 5.65 Å². The largest absolute Gasteiger partial charge is 0.341 e. The van der Waals surface area contributed by atoms with E-state index < -0.39 is 0 Å². The molecular formula is C13H11Cl2N3S. The quantitative estimate of drug-likeness (QED) is 0.721. The van der Waals surface area contributed by atoms with Crippen LogP contribution in [0.3, 0.4) is 0 Å². The second-order valence-corrected chi connectivity index (χ2v) is 6.05. The van der Waals surface area contributed by atoms with E-state index in [1.54, 1.807) is 17.4 Å². The maximum Gasteiger partial charge on any atom is 0.179 e. The van der Waals surface area contributed by atoms with E-state index in [9.17, 15) is 0 Å². The third kappa shape index (κ3) is 2.91. The average molecular weight is 312 g/mol. The minimum atomic E-state index is 0.297. The van der Waals surface area contributed by atoms with Gasteiger partial charge in [-0.25, -0.2) is 9.97 Å². The van der Waals surface area contributed by atoms with E-state index in [1.165, 1.54) is 4.88 Å². The van der Waals surface area contributed by atoms with E-state index in [0.717, 1.165) is 30.6 Å². The Bertz CT molecular complexity index is 652. The van der Waals surface area contributed by atoms with Crippen molar-refractivity contribution < 1.29 is 0 Å². The van der Waals surface area contributed by atoms with Crippen LogP contribution >= 0.6 is 34.5 Å². The van der Waals surface area contributed by atoms with Crippen LogP contribution in [0.1, 0.15) is 17.1 Å². The van der Waals surface area contributed by atoms with Crippen LogP contribution in [0, 0.1) is 0 Å². The maximum absolute atomic E-state index is 5.93. The SMILES string of the molecule is Clc1cc2[nH]c(CCCc3cccs3)nc2nc1Cl. The molecular weight excluding hydrogens is 301 g/mol. The van der Waals surface area contributed by atoms with E-state index in [2.05, 4.69) is 32.5 Å². The number of hydrogen-bond donors (Lipinski definition) is 1. The van der Waals surface area contributed by atoms with Gasteiger partial charge >= 0.3 is 0 Å². The molecule has 0 fully saturated rings. The maximum atomic E-state index is 5.93. The summed E-state index contributed by atoms with van der Waals surface area (Å²) >= 11 is 13.6. The lowest BCUT2D eigenvalue weighted by Gasteiger charge is -1.95. The van der Waals surface area contributed by atoms with Crippen molar-refractivity contribution in [3.63, 3.8) is 0 Å². The Hall–Kier alpha value is -1.10. The number of hydrogen-bond acceptors (Lipinski definition) is 3. The lowest BCUT2D eigenvalue weighted by Crippen LogP contribution is -1.90. The zero-order valence-electron chi connectivity index (χ0n) is 9.99. The number of aromatic nitrogens is 3. The predicted molar refractivity (Wildman–Crippen MR) is 80.3 cm³/mol. The number of aromatic amines is 1. The fourth-order valence-corrected chi connectivity index (χ4v) is 2.99. The van der Waals surface area contributed by atoms with E-state index in [-0.39, 0.29) is 0 Å². The van der Waals surface area contributed by atoms with Crippen LogP contribution in [0.15, 0.2) is 23.6 Å². The Morgan fingerprint density at radius 3 is 2.89 bits per heavy atom. The second-order valence-electron chi connectivity index (χ2n) is 4.25. The van der Waals surface area contributed by atoms with Crippen molar-refractivity contribution in [1.29, 1.82) is 0 Å². The van der Waals surface area contributed by atoms with Crippen LogP contribution in [0.5, 0.6) is 0 Å². The first-order valence-electron chi connectivity index (χ1n) is 5.95. The molecule has 3 rings (SSSR count). The number of nitrogens with zero attached hydrogens (tertiary/aromatic N) is 2. The van der Waals surface area contributed by atoms with E-state index in [0.29, 0.717) is 15.8 Å². The molecule has 0 amide bonds. The van der Waals surface area contributed by atoms with Crippen molar-refractivity contribution in [2.75, 3.05) is 0 Å². The minimum absolute atomic E-state index is 0.297. The molecule has 0 saturated carbocycles. The number of aryl methyl sites for hydroxylation is 2. The van der Waals surface area contributed by atoms with Crippen molar-refractivity contribution >= 4 is 45.7 Å². The number of thiophene rings is 1. The number of nitrogens with one attached hydrogen (secondary N) is 1. The van der Waals surface area contributed by atoms with E-state index >= 15 is 0 Å². The summed E-state index contributed by atoms with van der Waals surface area (Å²) in [4.78, 5) is 13.2. The first kappa shape index (κ1) is 12.9. The van der Waals surface area contributed by atoms with Crippen LogP contribution in [0.2, 0.25) is 10.2 Å². The molecule has 0 aliphatic rings. The standard InChI is InChI=1S/C13H11Cl2N3S/c14-9-7-10-13(18-12(9)15)17-11(16-10)5-1-3-8-4-2-6-19-8/h2,4,6-7H,1,3,5H2,(H,16,17,18). The second kappa shape index (κ2) is 5.49. The third-order valence-electron chi connectivity index (χ3n) is 2.85. The number of fused-ring (bicyclic) bond motifs is 1. The van der Waals surface area contributed by atoms with Gasteiger partial charge in [0.2, 0.25) is 0 Å². The zero-order chi connectivity index (χ0) is 13.2. The summed E-state index contributed by atoms with van der Waals surface area (Å²) in [6, 6.07) is 6.00. The number of pyridine rings is 1. The summed E-state index contributed by atoms with van der Waals surface area (Å²) in [6.45, 7) is 0. The summed E-state index contributed by atoms with van der Waals surface area (Å²) in [5.41, 5.74) is 1.46. The molecule has 0 unspecified atom stereocenters. The van der Waals surface area contributed by atoms with Crippen LogP contribution in [-0.4, -0.2) is 15.0 Å². The highest BCUT2D eigenvalue weighted by Gasteiger charge is 2.08. The Kier molecular flexibility index (Phi) is 3.73. The first-order chi connectivity index (χ1) is 9.22. The molecule has 6 heteroatoms. The Balaban J connectivity index is 1.71. The van der Waals surface area contributed by atoms with Gasteiger partial charge in [-0.15, -0.1) is 11.3 Å². The molecule has 3 nitrogen and oxygen atoms in total. The first-order valence-corrected chi connectivity index (χ1v) is 7.59. The zero-order valence-corrected chi connectivity index (χ0v) is 12.3. The fraction of sp³-hybridized carbons (Fsp3) is 0.231. The molecule has 3 heterocycles. The number of rotatable bonds is 4. The molecule has 98 valence electrons. The monoisotopic (exact) mass is 311 g/mol. The molecule has 0 bridgehead atoms. The van der Waals surface area contributed by atoms with Crippen LogP contribution in [0.25, 0.3) is 11.2 Å². The van der Waals surface area contributed by atoms with E-state index in [1.807, 2.05) is 0 Å². The number of H-pyrrole nitrogens is 1. The normalized spacial score (nSPS) is 11.3. The van der Waals surface area contributed by atoms with Crippen molar-refractivity contribution in [3.8, 4) is 0 Å². The van der Waals surface area contributed by atoms with Crippen molar-refractivity contribution in [1.82, 2.24) is 15.0 Å². The highest BCUT2D eigenvalue weighted by atomic mass is 35.5. The Morgan fingerprint density at radius 1 is 1.21 bits per heavy atom. The number of imidazole rings is 1. The summed E-state index contributed by atoms with van der Waals surface area (Å²) < 4.78 is 0. The van der Waals surface area contributed by atoms with Crippen LogP contribution in [0.4, 0.5) is 0 Å². The van der Waals surface area contributed by atoms with Crippen LogP contribution in [-0.2, 0) is 12.8 Å². The topological polar surface area (TPSA) is 41.6 Å². The molecule has 19 heavy (non-hydrogen) atoms. The smallest absolute Gasteiger partial charge is 0.179 e. The fourth-order valence-electron chi connectivity index (χ4n) is 1.95. The van der Waals surface area contributed by atoms with Gasteiger partial charge < -0.3 is 4.98 Å². The molecule has 1 N–H and O–H groups in total. The van der Waals surface area contributed by atoms with Crippen molar-refractivity contribution in [3.05, 3.63) is 44.5 Å². The summed E-state index contributed by atoms with van der Waals surface area (Å²) in [5.74, 6) is 0.928. The lowest BCUT2D eigenvalue weighted by molar-refractivity contribution is 0.793. The van der Waals surface area contributed by atoms with Gasteiger partial charge in [0, 0.05) is 11.3 Å². The Morgan fingerprint density at radius 2 is 2.11 bits per heavy atom. The van der Waals surface area contributed by atoms with Gasteiger partial charge in [-0.05, 0) is 30.4 Å². The molecule has 0 saturated heterocycles. The highest BCUT2D eigenvalue weighted by Crippen LogP contribution is 2.23. The van der Waals surface area contributed by atoms with Crippen LogP contribution < -0.4 is 0 Å². The van der Waals surface area contributed by atoms with E-state index in [4.69, 9.17) is 23.2 Å². The summed E-state index contributed by atoms with van der Waals surface area (Å²) in [7, 11) is 0. The van der Waals surface area contributed by atoms with Gasteiger partial charge in [0.25, 0.3) is 0 Å². The highest BCUT2D eigenvalue weighted by molar-refractivity contribution is 7.09. The molecule has 3 aromatic heterocycles. The van der Waals surface area contributed by atoms with Gasteiger partial charge in [-0.2, -0.15) is 0 Å². The summed E-state index contributed by atoms with van der Waals surface area (Å²) in [5, 5.41) is 2.85. The summed E-state index contributed by atoms with van der Waals surface area (Å²) in [6.07, 6.45) is 3.02. The molecule has 0 spiro atoms. The van der Waals surface area contributed by atoms with Gasteiger partial charge in [0.1, 0.15) is 11.0 Å². The molecule has 0 radical (unpaired) electrons. The van der Waals surface area contributed by atoms with Crippen molar-refractivity contribution in [2.45, 2.75) is 19.3 Å². The van der Waals surface area contributed by atoms with Gasteiger partial charge in [-0.1, -0.05) is 29.3 Å².